The van der Waals surface area contributed by atoms with Crippen molar-refractivity contribution in [3.05, 3.63) is 35.9 Å². The van der Waals surface area contributed by atoms with Gasteiger partial charge >= 0.3 is 0 Å². The van der Waals surface area contributed by atoms with Crippen LogP contribution in [0, 0.1) is 0 Å². The molecule has 1 N–H and O–H groups in total. The number of amides is 1. The standard InChI is InChI=1S/C21H27N3O8S/c1-24(33(26,27)19-11-15(28-2)7-8-16(19)29-3)13-20(25)23-22-12-14-9-17(30-4)21(32-6)18(10-14)31-5/h7-12H,13H2,1-6H3,(H,23,25)/b22-12+. The molecule has 0 saturated carbocycles. The number of likely N-dealkylation sites (N-methyl/N-ethyl adjacent to an activating group) is 1. The summed E-state index contributed by atoms with van der Waals surface area (Å²) in [6.45, 7) is -0.477. The van der Waals surface area contributed by atoms with E-state index in [1.54, 1.807) is 18.2 Å². The summed E-state index contributed by atoms with van der Waals surface area (Å²) in [5.41, 5.74) is 2.86. The third kappa shape index (κ3) is 6.05. The molecule has 0 atom stereocenters. The van der Waals surface area contributed by atoms with Gasteiger partial charge in [0.25, 0.3) is 5.91 Å². The van der Waals surface area contributed by atoms with E-state index in [9.17, 15) is 13.2 Å². The Hall–Kier alpha value is -3.51. The second kappa shape index (κ2) is 11.4. The van der Waals surface area contributed by atoms with Crippen LogP contribution in [0.4, 0.5) is 0 Å². The molecule has 33 heavy (non-hydrogen) atoms. The molecule has 0 aliphatic heterocycles. The predicted molar refractivity (Wildman–Crippen MR) is 121 cm³/mol. The van der Waals surface area contributed by atoms with Gasteiger partial charge in [-0.15, -0.1) is 0 Å². The summed E-state index contributed by atoms with van der Waals surface area (Å²) in [6, 6.07) is 7.65. The highest BCUT2D eigenvalue weighted by Crippen LogP contribution is 2.37. The molecule has 2 aromatic carbocycles. The molecule has 0 aliphatic rings. The molecule has 0 aliphatic carbocycles. The van der Waals surface area contributed by atoms with E-state index in [4.69, 9.17) is 23.7 Å². The third-order valence-corrected chi connectivity index (χ3v) is 6.34. The Morgan fingerprint density at radius 2 is 1.55 bits per heavy atom. The second-order valence-electron chi connectivity index (χ2n) is 6.53. The number of benzene rings is 2. The molecule has 0 bridgehead atoms. The minimum Gasteiger partial charge on any atom is -0.497 e. The van der Waals surface area contributed by atoms with Crippen LogP contribution in [0.15, 0.2) is 40.3 Å². The molecule has 1 amide bonds. The largest absolute Gasteiger partial charge is 0.497 e. The monoisotopic (exact) mass is 481 g/mol. The number of carbonyl (C=O) groups is 1. The van der Waals surface area contributed by atoms with Crippen molar-refractivity contribution in [2.75, 3.05) is 49.1 Å². The molecule has 0 radical (unpaired) electrons. The first-order valence-electron chi connectivity index (χ1n) is 9.52. The highest BCUT2D eigenvalue weighted by molar-refractivity contribution is 7.89. The maximum absolute atomic E-state index is 12.9. The van der Waals surface area contributed by atoms with Crippen molar-refractivity contribution >= 4 is 22.1 Å². The number of nitrogens with one attached hydrogen (secondary N) is 1. The Morgan fingerprint density at radius 3 is 2.06 bits per heavy atom. The van der Waals surface area contributed by atoms with Gasteiger partial charge < -0.3 is 23.7 Å². The Kier molecular flexibility index (Phi) is 8.88. The van der Waals surface area contributed by atoms with Gasteiger partial charge in [-0.1, -0.05) is 0 Å². The normalized spacial score (nSPS) is 11.4. The Bertz CT molecular complexity index is 1090. The fraction of sp³-hybridized carbons (Fsp3) is 0.333. The molecule has 12 heteroatoms. The summed E-state index contributed by atoms with van der Waals surface area (Å²) in [6.07, 6.45) is 1.36. The van der Waals surface area contributed by atoms with Crippen LogP contribution in [0.1, 0.15) is 5.56 Å². The second-order valence-corrected chi connectivity index (χ2v) is 8.54. The number of rotatable bonds is 11. The maximum Gasteiger partial charge on any atom is 0.255 e. The summed E-state index contributed by atoms with van der Waals surface area (Å²) in [5.74, 6) is 1.07. The van der Waals surface area contributed by atoms with Gasteiger partial charge in [0.1, 0.15) is 16.4 Å². The van der Waals surface area contributed by atoms with Crippen LogP contribution in [-0.2, 0) is 14.8 Å². The fourth-order valence-electron chi connectivity index (χ4n) is 2.83. The SMILES string of the molecule is COc1ccc(OC)c(S(=O)(=O)N(C)CC(=O)N/N=C/c2cc(OC)c(OC)c(OC)c2)c1. The first-order chi connectivity index (χ1) is 15.7. The lowest BCUT2D eigenvalue weighted by atomic mass is 10.2. The highest BCUT2D eigenvalue weighted by Gasteiger charge is 2.27. The minimum absolute atomic E-state index is 0.124. The lowest BCUT2D eigenvalue weighted by Gasteiger charge is -2.18. The first-order valence-corrected chi connectivity index (χ1v) is 11.0. The molecule has 0 spiro atoms. The smallest absolute Gasteiger partial charge is 0.255 e. The Balaban J connectivity index is 2.13. The van der Waals surface area contributed by atoms with E-state index in [1.807, 2.05) is 0 Å². The molecule has 180 valence electrons. The van der Waals surface area contributed by atoms with Crippen LogP contribution in [0.5, 0.6) is 28.7 Å². The number of hydrogen-bond donors (Lipinski definition) is 1. The van der Waals surface area contributed by atoms with Crippen molar-refractivity contribution in [3.63, 3.8) is 0 Å². The number of ether oxygens (including phenoxy) is 5. The van der Waals surface area contributed by atoms with Crippen molar-refractivity contribution in [2.24, 2.45) is 5.10 Å². The van der Waals surface area contributed by atoms with Gasteiger partial charge in [0.15, 0.2) is 11.5 Å². The van der Waals surface area contributed by atoms with Gasteiger partial charge in [0.2, 0.25) is 15.8 Å². The van der Waals surface area contributed by atoms with E-state index in [-0.39, 0.29) is 10.6 Å². The molecular weight excluding hydrogens is 454 g/mol. The highest BCUT2D eigenvalue weighted by atomic mass is 32.2. The van der Waals surface area contributed by atoms with Crippen molar-refractivity contribution in [3.8, 4) is 28.7 Å². The van der Waals surface area contributed by atoms with Crippen LogP contribution < -0.4 is 29.1 Å². The lowest BCUT2D eigenvalue weighted by Crippen LogP contribution is -2.36. The third-order valence-electron chi connectivity index (χ3n) is 4.52. The molecule has 0 unspecified atom stereocenters. The quantitative estimate of drug-likeness (QED) is 0.378. The van der Waals surface area contributed by atoms with Gasteiger partial charge in [-0.05, 0) is 24.3 Å². The minimum atomic E-state index is -4.04. The summed E-state index contributed by atoms with van der Waals surface area (Å²) in [7, 11) is 4.45. The van der Waals surface area contributed by atoms with Crippen molar-refractivity contribution in [1.82, 2.24) is 9.73 Å². The molecule has 2 rings (SSSR count). The van der Waals surface area contributed by atoms with Gasteiger partial charge in [0, 0.05) is 18.7 Å². The predicted octanol–water partition coefficient (Wildman–Crippen LogP) is 1.50. The zero-order valence-corrected chi connectivity index (χ0v) is 20.1. The van der Waals surface area contributed by atoms with Crippen molar-refractivity contribution in [2.45, 2.75) is 4.90 Å². The summed E-state index contributed by atoms with van der Waals surface area (Å²) in [5, 5.41) is 3.87. The van der Waals surface area contributed by atoms with Crippen LogP contribution in [-0.4, -0.2) is 74.0 Å². The molecular formula is C21H27N3O8S. The van der Waals surface area contributed by atoms with E-state index >= 15 is 0 Å². The fourth-order valence-corrected chi connectivity index (χ4v) is 4.12. The molecule has 0 fully saturated rings. The van der Waals surface area contributed by atoms with E-state index < -0.39 is 22.5 Å². The number of sulfonamides is 1. The van der Waals surface area contributed by atoms with Crippen molar-refractivity contribution < 1.29 is 36.9 Å². The Morgan fingerprint density at radius 1 is 0.939 bits per heavy atom. The summed E-state index contributed by atoms with van der Waals surface area (Å²) in [4.78, 5) is 12.2. The molecule has 0 heterocycles. The number of hydrazone groups is 1. The summed E-state index contributed by atoms with van der Waals surface area (Å²) >= 11 is 0. The number of carbonyl (C=O) groups excluding carboxylic acids is 1. The zero-order valence-electron chi connectivity index (χ0n) is 19.2. The van der Waals surface area contributed by atoms with E-state index in [0.29, 0.717) is 28.6 Å². The first kappa shape index (κ1) is 25.7. The topological polar surface area (TPSA) is 125 Å². The molecule has 2 aromatic rings. The lowest BCUT2D eigenvalue weighted by molar-refractivity contribution is -0.121. The molecule has 0 saturated heterocycles. The average molecular weight is 482 g/mol. The van der Waals surface area contributed by atoms with Crippen molar-refractivity contribution in [1.29, 1.82) is 0 Å². The molecule has 11 nitrogen and oxygen atoms in total. The zero-order chi connectivity index (χ0) is 24.6. The van der Waals surface area contributed by atoms with Crippen LogP contribution in [0.25, 0.3) is 0 Å². The van der Waals surface area contributed by atoms with Gasteiger partial charge in [-0.3, -0.25) is 4.79 Å². The Labute approximate surface area is 192 Å². The maximum atomic E-state index is 12.9. The van der Waals surface area contributed by atoms with E-state index in [0.717, 1.165) is 4.31 Å². The average Bonchev–Trinajstić information content (AvgIpc) is 2.82. The van der Waals surface area contributed by atoms with Crippen LogP contribution >= 0.6 is 0 Å². The van der Waals surface area contributed by atoms with Crippen LogP contribution in [0.2, 0.25) is 0 Å². The molecule has 0 aromatic heterocycles. The van der Waals surface area contributed by atoms with E-state index in [2.05, 4.69) is 10.5 Å². The van der Waals surface area contributed by atoms with Gasteiger partial charge in [0.05, 0.1) is 48.3 Å². The van der Waals surface area contributed by atoms with Gasteiger partial charge in [-0.25, -0.2) is 13.8 Å². The number of methoxy groups -OCH3 is 5. The van der Waals surface area contributed by atoms with Gasteiger partial charge in [-0.2, -0.15) is 9.41 Å². The van der Waals surface area contributed by atoms with E-state index in [1.165, 1.54) is 60.9 Å². The number of hydrogen-bond acceptors (Lipinski definition) is 9. The van der Waals surface area contributed by atoms with Crippen LogP contribution in [0.3, 0.4) is 0 Å². The number of nitrogens with zero attached hydrogens (tertiary/aromatic N) is 2. The summed E-state index contributed by atoms with van der Waals surface area (Å²) < 4.78 is 52.8.